The van der Waals surface area contributed by atoms with Crippen molar-refractivity contribution in [3.63, 3.8) is 0 Å². The molecule has 1 fully saturated rings. The zero-order valence-electron chi connectivity index (χ0n) is 16.3. The molecule has 1 heterocycles. The van der Waals surface area contributed by atoms with Crippen LogP contribution < -0.4 is 10.6 Å². The number of nitrogens with one attached hydrogen (secondary N) is 2. The van der Waals surface area contributed by atoms with E-state index < -0.39 is 0 Å². The summed E-state index contributed by atoms with van der Waals surface area (Å²) < 4.78 is 5.54. The van der Waals surface area contributed by atoms with E-state index in [9.17, 15) is 0 Å². The molecule has 0 bridgehead atoms. The van der Waals surface area contributed by atoms with E-state index >= 15 is 0 Å². The largest absolute Gasteiger partial charge is 0.379 e. The standard InChI is InChI=1S/C22H30N4O/c1-18(19-9-5-3-6-10-19)25-22(23-2)24-17-21(20-11-7-4-8-12-20)26-13-15-27-16-14-26/h3-12,18,21H,13-17H2,1-2H3,(H2,23,24,25). The predicted octanol–water partition coefficient (Wildman–Crippen LogP) is 2.99. The molecule has 5 nitrogen and oxygen atoms in total. The quantitative estimate of drug-likeness (QED) is 0.610. The van der Waals surface area contributed by atoms with E-state index in [4.69, 9.17) is 4.74 Å². The topological polar surface area (TPSA) is 48.9 Å². The third-order valence-electron chi connectivity index (χ3n) is 5.01. The van der Waals surface area contributed by atoms with Crippen molar-refractivity contribution < 1.29 is 4.74 Å². The molecular formula is C22H30N4O. The molecule has 5 heteroatoms. The molecule has 27 heavy (non-hydrogen) atoms. The SMILES string of the molecule is CN=C(NCC(c1ccccc1)N1CCOCC1)NC(C)c1ccccc1. The maximum absolute atomic E-state index is 5.54. The molecule has 0 saturated carbocycles. The fourth-order valence-corrected chi connectivity index (χ4v) is 3.44. The van der Waals surface area contributed by atoms with Gasteiger partial charge in [-0.25, -0.2) is 0 Å². The lowest BCUT2D eigenvalue weighted by Crippen LogP contribution is -2.46. The second-order valence-electron chi connectivity index (χ2n) is 6.80. The van der Waals surface area contributed by atoms with E-state index in [1.807, 2.05) is 13.1 Å². The summed E-state index contributed by atoms with van der Waals surface area (Å²) in [5.74, 6) is 0.820. The molecule has 2 N–H and O–H groups in total. The smallest absolute Gasteiger partial charge is 0.191 e. The van der Waals surface area contributed by atoms with Crippen molar-refractivity contribution in [2.75, 3.05) is 39.9 Å². The maximum Gasteiger partial charge on any atom is 0.191 e. The molecule has 0 aromatic heterocycles. The highest BCUT2D eigenvalue weighted by Crippen LogP contribution is 2.21. The van der Waals surface area contributed by atoms with Crippen LogP contribution in [0.5, 0.6) is 0 Å². The summed E-state index contributed by atoms with van der Waals surface area (Å²) in [6, 6.07) is 21.6. The number of nitrogens with zero attached hydrogens (tertiary/aromatic N) is 2. The molecule has 2 atom stereocenters. The minimum atomic E-state index is 0.191. The molecule has 0 radical (unpaired) electrons. The molecule has 1 saturated heterocycles. The van der Waals surface area contributed by atoms with Gasteiger partial charge in [-0.05, 0) is 18.1 Å². The first kappa shape index (κ1) is 19.4. The van der Waals surface area contributed by atoms with Gasteiger partial charge in [0, 0.05) is 26.7 Å². The van der Waals surface area contributed by atoms with Gasteiger partial charge in [-0.3, -0.25) is 9.89 Å². The van der Waals surface area contributed by atoms with Gasteiger partial charge in [0.2, 0.25) is 0 Å². The third kappa shape index (κ3) is 5.55. The summed E-state index contributed by atoms with van der Waals surface area (Å²) in [4.78, 5) is 6.90. The number of hydrogen-bond acceptors (Lipinski definition) is 3. The average Bonchev–Trinajstić information content (AvgIpc) is 2.75. The van der Waals surface area contributed by atoms with Crippen LogP contribution >= 0.6 is 0 Å². The third-order valence-corrected chi connectivity index (χ3v) is 5.01. The van der Waals surface area contributed by atoms with E-state index in [-0.39, 0.29) is 6.04 Å². The first-order valence-corrected chi connectivity index (χ1v) is 9.67. The molecule has 3 rings (SSSR count). The Bertz CT molecular complexity index is 699. The van der Waals surface area contributed by atoms with Gasteiger partial charge in [0.25, 0.3) is 0 Å². The van der Waals surface area contributed by atoms with Crippen molar-refractivity contribution in [3.8, 4) is 0 Å². The number of ether oxygens (including phenoxy) is 1. The zero-order chi connectivity index (χ0) is 18.9. The summed E-state index contributed by atoms with van der Waals surface area (Å²) >= 11 is 0. The predicted molar refractivity (Wildman–Crippen MR) is 111 cm³/mol. The molecule has 2 aromatic carbocycles. The van der Waals surface area contributed by atoms with Crippen LogP contribution in [0.1, 0.15) is 30.1 Å². The first-order chi connectivity index (χ1) is 13.3. The lowest BCUT2D eigenvalue weighted by Gasteiger charge is -2.35. The highest BCUT2D eigenvalue weighted by molar-refractivity contribution is 5.80. The Labute approximate surface area is 162 Å². The summed E-state index contributed by atoms with van der Waals surface area (Å²) in [6.07, 6.45) is 0. The van der Waals surface area contributed by atoms with Crippen molar-refractivity contribution >= 4 is 5.96 Å². The van der Waals surface area contributed by atoms with Crippen LogP contribution in [0.4, 0.5) is 0 Å². The molecule has 1 aliphatic rings. The van der Waals surface area contributed by atoms with Crippen LogP contribution in [0.2, 0.25) is 0 Å². The number of rotatable bonds is 6. The zero-order valence-corrected chi connectivity index (χ0v) is 16.3. The molecular weight excluding hydrogens is 336 g/mol. The Morgan fingerprint density at radius 3 is 2.19 bits per heavy atom. The highest BCUT2D eigenvalue weighted by Gasteiger charge is 2.23. The second kappa shape index (κ2) is 10.1. The molecule has 0 spiro atoms. The highest BCUT2D eigenvalue weighted by atomic mass is 16.5. The van der Waals surface area contributed by atoms with E-state index in [0.29, 0.717) is 6.04 Å². The van der Waals surface area contributed by atoms with Crippen LogP contribution in [0.15, 0.2) is 65.7 Å². The van der Waals surface area contributed by atoms with Gasteiger partial charge in [0.1, 0.15) is 0 Å². The first-order valence-electron chi connectivity index (χ1n) is 9.67. The lowest BCUT2D eigenvalue weighted by molar-refractivity contribution is 0.0170. The molecule has 144 valence electrons. The molecule has 2 unspecified atom stereocenters. The minimum absolute atomic E-state index is 0.191. The van der Waals surface area contributed by atoms with Crippen molar-refractivity contribution in [2.24, 2.45) is 4.99 Å². The molecule has 0 amide bonds. The van der Waals surface area contributed by atoms with Crippen LogP contribution in [0.25, 0.3) is 0 Å². The summed E-state index contributed by atoms with van der Waals surface area (Å²) in [7, 11) is 1.82. The van der Waals surface area contributed by atoms with Gasteiger partial charge in [-0.2, -0.15) is 0 Å². The van der Waals surface area contributed by atoms with Crippen LogP contribution in [0.3, 0.4) is 0 Å². The fourth-order valence-electron chi connectivity index (χ4n) is 3.44. The van der Waals surface area contributed by atoms with Crippen molar-refractivity contribution in [2.45, 2.75) is 19.0 Å². The molecule has 2 aromatic rings. The van der Waals surface area contributed by atoms with E-state index in [1.165, 1.54) is 11.1 Å². The Morgan fingerprint density at radius 2 is 1.59 bits per heavy atom. The fraction of sp³-hybridized carbons (Fsp3) is 0.409. The monoisotopic (exact) mass is 366 g/mol. The number of guanidine groups is 1. The Hall–Kier alpha value is -2.37. The number of morpholine rings is 1. The van der Waals surface area contributed by atoms with Crippen LogP contribution in [0, 0.1) is 0 Å². The van der Waals surface area contributed by atoms with Gasteiger partial charge in [0.05, 0.1) is 25.3 Å². The van der Waals surface area contributed by atoms with Crippen LogP contribution in [-0.2, 0) is 4.74 Å². The van der Waals surface area contributed by atoms with Gasteiger partial charge < -0.3 is 15.4 Å². The Balaban J connectivity index is 1.64. The van der Waals surface area contributed by atoms with Gasteiger partial charge >= 0.3 is 0 Å². The van der Waals surface area contributed by atoms with Crippen molar-refractivity contribution in [3.05, 3.63) is 71.8 Å². The number of hydrogen-bond donors (Lipinski definition) is 2. The molecule has 0 aliphatic carbocycles. The number of aliphatic imine (C=N–C) groups is 1. The van der Waals surface area contributed by atoms with E-state index in [1.54, 1.807) is 0 Å². The van der Waals surface area contributed by atoms with Gasteiger partial charge in [-0.1, -0.05) is 60.7 Å². The van der Waals surface area contributed by atoms with Gasteiger partial charge in [-0.15, -0.1) is 0 Å². The van der Waals surface area contributed by atoms with Crippen molar-refractivity contribution in [1.82, 2.24) is 15.5 Å². The molecule has 1 aliphatic heterocycles. The summed E-state index contributed by atoms with van der Waals surface area (Å²) in [5.41, 5.74) is 2.56. The van der Waals surface area contributed by atoms with E-state index in [2.05, 4.69) is 82.0 Å². The maximum atomic E-state index is 5.54. The Kier molecular flexibility index (Phi) is 7.25. The van der Waals surface area contributed by atoms with Gasteiger partial charge in [0.15, 0.2) is 5.96 Å². The van der Waals surface area contributed by atoms with Crippen molar-refractivity contribution in [1.29, 1.82) is 0 Å². The lowest BCUT2D eigenvalue weighted by atomic mass is 10.0. The van der Waals surface area contributed by atoms with E-state index in [0.717, 1.165) is 38.8 Å². The normalized spacial score (nSPS) is 17.9. The average molecular weight is 367 g/mol. The second-order valence-corrected chi connectivity index (χ2v) is 6.80. The summed E-state index contributed by atoms with van der Waals surface area (Å²) in [5, 5.41) is 7.01. The summed E-state index contributed by atoms with van der Waals surface area (Å²) in [6.45, 7) is 6.44. The minimum Gasteiger partial charge on any atom is -0.379 e. The Morgan fingerprint density at radius 1 is 1.00 bits per heavy atom. The van der Waals surface area contributed by atoms with Crippen LogP contribution in [-0.4, -0.2) is 50.8 Å². The number of benzene rings is 2.